The van der Waals surface area contributed by atoms with Crippen LogP contribution in [0.2, 0.25) is 0 Å². The molecule has 8 heteroatoms. The maximum atomic E-state index is 11.7. The minimum absolute atomic E-state index is 0.0145. The molecule has 0 saturated carbocycles. The number of nitrogens with two attached hydrogens (primary N) is 1. The van der Waals surface area contributed by atoms with Crippen molar-refractivity contribution < 1.29 is 22.6 Å². The van der Waals surface area contributed by atoms with Crippen LogP contribution in [-0.2, 0) is 9.47 Å². The Morgan fingerprint density at radius 2 is 1.89 bits per heavy atom. The fourth-order valence-electron chi connectivity index (χ4n) is 1.14. The molecule has 0 aliphatic carbocycles. The lowest BCUT2D eigenvalue weighted by Gasteiger charge is -2.07. The summed E-state index contributed by atoms with van der Waals surface area (Å²) in [6, 6.07) is 0. The Kier molecular flexibility index (Phi) is 10.3. The molecule has 0 spiro atoms. The lowest BCUT2D eigenvalue weighted by atomic mass is 10.4. The lowest BCUT2D eigenvalue weighted by Crippen LogP contribution is -2.33. The van der Waals surface area contributed by atoms with Crippen LogP contribution < -0.4 is 11.1 Å². The number of guanidine groups is 1. The summed E-state index contributed by atoms with van der Waals surface area (Å²) < 4.78 is 44.8. The van der Waals surface area contributed by atoms with Crippen molar-refractivity contribution in [2.45, 2.75) is 25.9 Å². The third-order valence-corrected chi connectivity index (χ3v) is 1.97. The number of hydrogen-bond acceptors (Lipinski definition) is 3. The maximum absolute atomic E-state index is 11.7. The van der Waals surface area contributed by atoms with Gasteiger partial charge in [-0.05, 0) is 19.8 Å². The standard InChI is InChI=1S/C11H22F3N3O2/c1-2-18-7-3-5-16-10(15)17-6-4-8-19-9-11(12,13)14/h2-9H2,1H3,(H3,15,16,17). The van der Waals surface area contributed by atoms with Gasteiger partial charge in [0.25, 0.3) is 0 Å². The molecule has 0 fully saturated rings. The molecule has 0 aromatic carbocycles. The molecule has 19 heavy (non-hydrogen) atoms. The lowest BCUT2D eigenvalue weighted by molar-refractivity contribution is -0.173. The molecule has 0 aromatic heterocycles. The summed E-state index contributed by atoms with van der Waals surface area (Å²) in [4.78, 5) is 3.96. The molecule has 0 amide bonds. The largest absolute Gasteiger partial charge is 0.411 e. The highest BCUT2D eigenvalue weighted by molar-refractivity contribution is 5.77. The van der Waals surface area contributed by atoms with Crippen LogP contribution in [0.3, 0.4) is 0 Å². The quantitative estimate of drug-likeness (QED) is 0.360. The van der Waals surface area contributed by atoms with Crippen LogP contribution in [0.1, 0.15) is 19.8 Å². The smallest absolute Gasteiger partial charge is 0.382 e. The van der Waals surface area contributed by atoms with Gasteiger partial charge in [0.15, 0.2) is 5.96 Å². The second kappa shape index (κ2) is 10.9. The summed E-state index contributed by atoms with van der Waals surface area (Å²) in [7, 11) is 0. The van der Waals surface area contributed by atoms with Gasteiger partial charge in [0.05, 0.1) is 0 Å². The second-order valence-corrected chi connectivity index (χ2v) is 3.77. The SMILES string of the molecule is CCOCCCNC(N)=NCCCOCC(F)(F)F. The van der Waals surface area contributed by atoms with Crippen molar-refractivity contribution in [1.29, 1.82) is 0 Å². The number of nitrogens with zero attached hydrogens (tertiary/aromatic N) is 1. The normalized spacial score (nSPS) is 12.7. The van der Waals surface area contributed by atoms with Crippen molar-refractivity contribution in [3.63, 3.8) is 0 Å². The zero-order valence-electron chi connectivity index (χ0n) is 11.1. The molecule has 0 bridgehead atoms. The monoisotopic (exact) mass is 285 g/mol. The van der Waals surface area contributed by atoms with Crippen LogP contribution in [0.25, 0.3) is 0 Å². The van der Waals surface area contributed by atoms with Crippen LogP contribution in [0.4, 0.5) is 13.2 Å². The molecular weight excluding hydrogens is 263 g/mol. The van der Waals surface area contributed by atoms with Gasteiger partial charge in [0, 0.05) is 32.9 Å². The molecule has 0 aromatic rings. The number of ether oxygens (including phenoxy) is 2. The van der Waals surface area contributed by atoms with Crippen molar-refractivity contribution in [1.82, 2.24) is 5.32 Å². The highest BCUT2D eigenvalue weighted by Crippen LogP contribution is 2.14. The first-order valence-electron chi connectivity index (χ1n) is 6.21. The van der Waals surface area contributed by atoms with E-state index in [0.717, 1.165) is 6.42 Å². The Bertz CT molecular complexity index is 248. The Hall–Kier alpha value is -1.02. The molecule has 0 atom stereocenters. The summed E-state index contributed by atoms with van der Waals surface area (Å²) in [6.07, 6.45) is -3.05. The van der Waals surface area contributed by atoms with Gasteiger partial charge in [0.1, 0.15) is 6.61 Å². The van der Waals surface area contributed by atoms with Crippen LogP contribution in [-0.4, -0.2) is 51.7 Å². The van der Waals surface area contributed by atoms with Crippen LogP contribution in [0.15, 0.2) is 4.99 Å². The average molecular weight is 285 g/mol. The summed E-state index contributed by atoms with van der Waals surface area (Å²) in [5.74, 6) is 0.285. The highest BCUT2D eigenvalue weighted by Gasteiger charge is 2.27. The number of rotatable bonds is 10. The van der Waals surface area contributed by atoms with Crippen molar-refractivity contribution in [2.24, 2.45) is 10.7 Å². The molecule has 0 heterocycles. The minimum Gasteiger partial charge on any atom is -0.382 e. The molecule has 0 aliphatic heterocycles. The molecule has 114 valence electrons. The van der Waals surface area contributed by atoms with Crippen molar-refractivity contribution >= 4 is 5.96 Å². The van der Waals surface area contributed by atoms with E-state index in [0.29, 0.717) is 32.7 Å². The first kappa shape index (κ1) is 18.0. The van der Waals surface area contributed by atoms with E-state index in [1.807, 2.05) is 6.92 Å². The number of alkyl halides is 3. The fourth-order valence-corrected chi connectivity index (χ4v) is 1.14. The molecular formula is C11H22F3N3O2. The molecule has 0 aliphatic rings. The van der Waals surface area contributed by atoms with E-state index >= 15 is 0 Å². The van der Waals surface area contributed by atoms with Gasteiger partial charge >= 0.3 is 6.18 Å². The van der Waals surface area contributed by atoms with Crippen molar-refractivity contribution in [2.75, 3.05) is 39.5 Å². The molecule has 0 radical (unpaired) electrons. The summed E-state index contributed by atoms with van der Waals surface area (Å²) in [5, 5.41) is 2.88. The van der Waals surface area contributed by atoms with E-state index in [2.05, 4.69) is 15.0 Å². The predicted octanol–water partition coefficient (Wildman–Crippen LogP) is 1.29. The molecule has 0 saturated heterocycles. The Morgan fingerprint density at radius 3 is 2.53 bits per heavy atom. The average Bonchev–Trinajstić information content (AvgIpc) is 2.32. The van der Waals surface area contributed by atoms with E-state index in [1.54, 1.807) is 0 Å². The van der Waals surface area contributed by atoms with E-state index in [-0.39, 0.29) is 12.6 Å². The van der Waals surface area contributed by atoms with E-state index in [1.165, 1.54) is 0 Å². The van der Waals surface area contributed by atoms with Gasteiger partial charge in [-0.3, -0.25) is 4.99 Å². The van der Waals surface area contributed by atoms with Crippen molar-refractivity contribution in [3.8, 4) is 0 Å². The first-order chi connectivity index (χ1) is 8.95. The van der Waals surface area contributed by atoms with Crippen LogP contribution in [0, 0.1) is 0 Å². The summed E-state index contributed by atoms with van der Waals surface area (Å²) in [5.41, 5.74) is 5.55. The third-order valence-electron chi connectivity index (χ3n) is 1.97. The molecule has 0 unspecified atom stereocenters. The zero-order valence-corrected chi connectivity index (χ0v) is 11.1. The summed E-state index contributed by atoms with van der Waals surface area (Å²) >= 11 is 0. The van der Waals surface area contributed by atoms with Crippen molar-refractivity contribution in [3.05, 3.63) is 0 Å². The second-order valence-electron chi connectivity index (χ2n) is 3.77. The van der Waals surface area contributed by atoms with Gasteiger partial charge in [-0.1, -0.05) is 0 Å². The Morgan fingerprint density at radius 1 is 1.21 bits per heavy atom. The van der Waals surface area contributed by atoms with Crippen LogP contribution >= 0.6 is 0 Å². The minimum atomic E-state index is -4.27. The Labute approximate surface area is 111 Å². The highest BCUT2D eigenvalue weighted by atomic mass is 19.4. The number of aliphatic imine (C=N–C) groups is 1. The molecule has 3 N–H and O–H groups in total. The van der Waals surface area contributed by atoms with E-state index < -0.39 is 12.8 Å². The Balaban J connectivity index is 3.39. The number of hydrogen-bond donors (Lipinski definition) is 2. The number of nitrogens with one attached hydrogen (secondary N) is 1. The van der Waals surface area contributed by atoms with Gasteiger partial charge in [0.2, 0.25) is 0 Å². The van der Waals surface area contributed by atoms with E-state index in [9.17, 15) is 13.2 Å². The molecule has 0 rings (SSSR count). The van der Waals surface area contributed by atoms with E-state index in [4.69, 9.17) is 10.5 Å². The zero-order chi connectivity index (χ0) is 14.6. The maximum Gasteiger partial charge on any atom is 0.411 e. The molecule has 5 nitrogen and oxygen atoms in total. The number of halogens is 3. The first-order valence-corrected chi connectivity index (χ1v) is 6.21. The van der Waals surface area contributed by atoms with Gasteiger partial charge in [-0.2, -0.15) is 13.2 Å². The third kappa shape index (κ3) is 14.9. The predicted molar refractivity (Wildman–Crippen MR) is 67.1 cm³/mol. The van der Waals surface area contributed by atoms with Crippen LogP contribution in [0.5, 0.6) is 0 Å². The topological polar surface area (TPSA) is 68.9 Å². The van der Waals surface area contributed by atoms with Gasteiger partial charge in [-0.15, -0.1) is 0 Å². The fraction of sp³-hybridized carbons (Fsp3) is 0.909. The summed E-state index contributed by atoms with van der Waals surface area (Å²) in [6.45, 7) is 3.04. The van der Waals surface area contributed by atoms with Gasteiger partial charge < -0.3 is 20.5 Å². The van der Waals surface area contributed by atoms with Gasteiger partial charge in [-0.25, -0.2) is 0 Å².